The van der Waals surface area contributed by atoms with E-state index < -0.39 is 17.2 Å². The summed E-state index contributed by atoms with van der Waals surface area (Å²) < 4.78 is 39.3. The second kappa shape index (κ2) is 7.82. The van der Waals surface area contributed by atoms with Crippen molar-refractivity contribution in [3.63, 3.8) is 0 Å². The number of rotatable bonds is 3. The number of carbonyl (C=O) groups excluding carboxylic acids is 1. The molecule has 2 aromatic carbocycles. The number of nitrogens with two attached hydrogens (primary N) is 1. The molecule has 0 spiro atoms. The highest BCUT2D eigenvalue weighted by Gasteiger charge is 2.30. The predicted molar refractivity (Wildman–Crippen MR) is 114 cm³/mol. The average Bonchev–Trinajstić information content (AvgIpc) is 3.03. The maximum Gasteiger partial charge on any atom is 0.255 e. The highest BCUT2D eigenvalue weighted by molar-refractivity contribution is 7.85. The van der Waals surface area contributed by atoms with Crippen molar-refractivity contribution >= 4 is 33.5 Å². The van der Waals surface area contributed by atoms with Crippen LogP contribution in [0.4, 0.5) is 10.1 Å². The maximum absolute atomic E-state index is 13.4. The van der Waals surface area contributed by atoms with Crippen LogP contribution in [0.25, 0.3) is 22.3 Å². The number of furan rings is 1. The van der Waals surface area contributed by atoms with Gasteiger partial charge in [0, 0.05) is 35.9 Å². The number of nitrogens with zero attached hydrogens (tertiary/aromatic N) is 1. The van der Waals surface area contributed by atoms with Crippen LogP contribution in [0.1, 0.15) is 28.9 Å². The molecular formula is C21H22FN3O4S. The third-order valence-electron chi connectivity index (χ3n) is 5.14. The predicted octanol–water partition coefficient (Wildman–Crippen LogP) is 3.07. The molecular weight excluding hydrogens is 409 g/mol. The molecule has 4 rings (SSSR count). The number of benzene rings is 2. The van der Waals surface area contributed by atoms with E-state index in [4.69, 9.17) is 14.9 Å². The first-order valence-electron chi connectivity index (χ1n) is 9.40. The number of nitrogens with one attached hydrogen (secondary N) is 1. The van der Waals surface area contributed by atoms with Gasteiger partial charge in [0.25, 0.3) is 5.91 Å². The molecule has 1 amide bonds. The molecule has 0 bridgehead atoms. The van der Waals surface area contributed by atoms with Gasteiger partial charge in [-0.05, 0) is 37.3 Å². The number of hydrogen-bond donors (Lipinski definition) is 2. The Hall–Kier alpha value is -2.75. The zero-order chi connectivity index (χ0) is 21.6. The molecule has 3 atom stereocenters. The van der Waals surface area contributed by atoms with Gasteiger partial charge in [-0.2, -0.15) is 0 Å². The molecule has 1 aliphatic heterocycles. The molecule has 2 heterocycles. The van der Waals surface area contributed by atoms with Crippen LogP contribution in [-0.2, 0) is 15.7 Å². The van der Waals surface area contributed by atoms with Crippen molar-refractivity contribution in [3.05, 3.63) is 53.3 Å². The van der Waals surface area contributed by atoms with Gasteiger partial charge in [0.2, 0.25) is 0 Å². The van der Waals surface area contributed by atoms with E-state index >= 15 is 0 Å². The van der Waals surface area contributed by atoms with E-state index in [0.29, 0.717) is 33.5 Å². The number of carbonyl (C=O) groups is 1. The molecule has 1 aromatic heterocycles. The molecule has 3 unspecified atom stereocenters. The summed E-state index contributed by atoms with van der Waals surface area (Å²) in [6.07, 6.45) is 0.573. The van der Waals surface area contributed by atoms with Crippen molar-refractivity contribution in [2.75, 3.05) is 24.2 Å². The maximum atomic E-state index is 13.4. The monoisotopic (exact) mass is 431 g/mol. The van der Waals surface area contributed by atoms with Gasteiger partial charge in [-0.25, -0.2) is 8.60 Å². The van der Waals surface area contributed by atoms with Crippen LogP contribution < -0.4 is 15.4 Å². The van der Waals surface area contributed by atoms with Gasteiger partial charge in [0.1, 0.15) is 34.4 Å². The van der Waals surface area contributed by atoms with Gasteiger partial charge < -0.3 is 20.2 Å². The number of anilines is 1. The van der Waals surface area contributed by atoms with E-state index in [1.807, 2.05) is 13.0 Å². The molecule has 3 aromatic rings. The van der Waals surface area contributed by atoms with Gasteiger partial charge >= 0.3 is 0 Å². The number of amides is 1. The molecule has 3 N–H and O–H groups in total. The standard InChI is InChI=1S/C21H22FN3O4S/c1-11-14-8-15-17(9-16(14)25(30(3)27)10-18(23)28-11)29-20(19(15)21(26)24-2)12-4-6-13(22)7-5-12/h4-9,11,18H,10,23H2,1-3H3,(H,24,26). The fraction of sp³-hybridized carbons (Fsp3) is 0.286. The van der Waals surface area contributed by atoms with E-state index in [9.17, 15) is 13.4 Å². The van der Waals surface area contributed by atoms with Crippen molar-refractivity contribution in [1.82, 2.24) is 5.32 Å². The lowest BCUT2D eigenvalue weighted by molar-refractivity contribution is 0.0106. The lowest BCUT2D eigenvalue weighted by Crippen LogP contribution is -2.38. The lowest BCUT2D eigenvalue weighted by atomic mass is 10.0. The fourth-order valence-corrected chi connectivity index (χ4v) is 4.52. The zero-order valence-corrected chi connectivity index (χ0v) is 17.6. The summed E-state index contributed by atoms with van der Waals surface area (Å²) in [6, 6.07) is 9.30. The first-order valence-corrected chi connectivity index (χ1v) is 10.9. The summed E-state index contributed by atoms with van der Waals surface area (Å²) in [6.45, 7) is 2.10. The van der Waals surface area contributed by atoms with E-state index in [1.54, 1.807) is 28.8 Å². The summed E-state index contributed by atoms with van der Waals surface area (Å²) in [4.78, 5) is 12.7. The summed E-state index contributed by atoms with van der Waals surface area (Å²) >= 11 is 0. The Morgan fingerprint density at radius 3 is 2.63 bits per heavy atom. The Morgan fingerprint density at radius 2 is 2.00 bits per heavy atom. The molecule has 9 heteroatoms. The third kappa shape index (κ3) is 3.49. The van der Waals surface area contributed by atoms with E-state index in [2.05, 4.69) is 5.32 Å². The Morgan fingerprint density at radius 1 is 1.30 bits per heavy atom. The third-order valence-corrected chi connectivity index (χ3v) is 6.11. The molecule has 30 heavy (non-hydrogen) atoms. The largest absolute Gasteiger partial charge is 0.455 e. The molecule has 158 valence electrons. The molecule has 0 aliphatic carbocycles. The molecule has 7 nitrogen and oxygen atoms in total. The van der Waals surface area contributed by atoms with Crippen molar-refractivity contribution in [2.45, 2.75) is 19.3 Å². The number of ether oxygens (including phenoxy) is 1. The summed E-state index contributed by atoms with van der Waals surface area (Å²) in [5.41, 5.74) is 8.82. The van der Waals surface area contributed by atoms with Crippen LogP contribution >= 0.6 is 0 Å². The van der Waals surface area contributed by atoms with E-state index in [1.165, 1.54) is 19.2 Å². The van der Waals surface area contributed by atoms with Crippen molar-refractivity contribution in [1.29, 1.82) is 0 Å². The minimum Gasteiger partial charge on any atom is -0.455 e. The van der Waals surface area contributed by atoms with Gasteiger partial charge in [-0.1, -0.05) is 0 Å². The lowest BCUT2D eigenvalue weighted by Gasteiger charge is -2.22. The first-order chi connectivity index (χ1) is 14.3. The number of halogens is 1. The molecule has 0 saturated carbocycles. The Labute approximate surface area is 175 Å². The van der Waals surface area contributed by atoms with Gasteiger partial charge in [-0.15, -0.1) is 0 Å². The highest BCUT2D eigenvalue weighted by atomic mass is 32.2. The fourth-order valence-electron chi connectivity index (χ4n) is 3.73. The van der Waals surface area contributed by atoms with Crippen LogP contribution in [-0.4, -0.2) is 36.2 Å². The smallest absolute Gasteiger partial charge is 0.255 e. The van der Waals surface area contributed by atoms with Gasteiger partial charge in [0.05, 0.1) is 23.9 Å². The Kier molecular flexibility index (Phi) is 5.35. The summed E-state index contributed by atoms with van der Waals surface area (Å²) in [7, 11) is 0.194. The molecule has 0 saturated heterocycles. The summed E-state index contributed by atoms with van der Waals surface area (Å²) in [5, 5.41) is 3.22. The Balaban J connectivity index is 2.00. The van der Waals surface area contributed by atoms with E-state index in [-0.39, 0.29) is 24.4 Å². The van der Waals surface area contributed by atoms with Crippen molar-refractivity contribution in [3.8, 4) is 11.3 Å². The van der Waals surface area contributed by atoms with Crippen LogP contribution in [0, 0.1) is 5.82 Å². The minimum absolute atomic E-state index is 0.250. The Bertz CT molecular complexity index is 1150. The average molecular weight is 431 g/mol. The number of fused-ring (bicyclic) bond motifs is 2. The normalized spacial score (nSPS) is 20.0. The van der Waals surface area contributed by atoms with Crippen LogP contribution in [0.2, 0.25) is 0 Å². The zero-order valence-electron chi connectivity index (χ0n) is 16.8. The first kappa shape index (κ1) is 20.5. The molecule has 0 radical (unpaired) electrons. The second-order valence-corrected chi connectivity index (χ2v) is 8.39. The van der Waals surface area contributed by atoms with Crippen LogP contribution in [0.3, 0.4) is 0 Å². The second-order valence-electron chi connectivity index (χ2n) is 7.10. The quantitative estimate of drug-likeness (QED) is 0.664. The minimum atomic E-state index is -1.34. The SMILES string of the molecule is CNC(=O)c1c(-c2ccc(F)cc2)oc2cc3c(cc12)C(C)OC(N)CN3S(C)=O. The topological polar surface area (TPSA) is 97.8 Å². The van der Waals surface area contributed by atoms with Gasteiger partial charge in [-0.3, -0.25) is 9.10 Å². The van der Waals surface area contributed by atoms with Crippen LogP contribution in [0.5, 0.6) is 0 Å². The summed E-state index contributed by atoms with van der Waals surface area (Å²) in [5.74, 6) is -0.381. The van der Waals surface area contributed by atoms with Crippen LogP contribution in [0.15, 0.2) is 40.8 Å². The van der Waals surface area contributed by atoms with Crippen molar-refractivity contribution < 1.29 is 22.5 Å². The molecule has 0 fully saturated rings. The van der Waals surface area contributed by atoms with Crippen molar-refractivity contribution in [2.24, 2.45) is 5.73 Å². The molecule has 1 aliphatic rings. The highest BCUT2D eigenvalue weighted by Crippen LogP contribution is 2.41. The number of hydrogen-bond acceptors (Lipinski definition) is 5. The van der Waals surface area contributed by atoms with E-state index in [0.717, 1.165) is 5.56 Å². The van der Waals surface area contributed by atoms with Gasteiger partial charge in [0.15, 0.2) is 0 Å².